The van der Waals surface area contributed by atoms with E-state index >= 15 is 0 Å². The van der Waals surface area contributed by atoms with Crippen molar-refractivity contribution in [2.75, 3.05) is 31.1 Å². The Labute approximate surface area is 159 Å². The number of anilines is 1. The highest BCUT2D eigenvalue weighted by Crippen LogP contribution is 2.27. The molecule has 2 aliphatic rings. The lowest BCUT2D eigenvalue weighted by Gasteiger charge is -2.23. The molecule has 2 heterocycles. The van der Waals surface area contributed by atoms with Gasteiger partial charge in [-0.3, -0.25) is 9.59 Å². The number of rotatable bonds is 6. The zero-order chi connectivity index (χ0) is 19.4. The van der Waals surface area contributed by atoms with E-state index in [2.05, 4.69) is 10.6 Å². The minimum atomic E-state index is -3.85. The van der Waals surface area contributed by atoms with Crippen LogP contribution in [-0.2, 0) is 19.6 Å². The van der Waals surface area contributed by atoms with Crippen LogP contribution in [0.3, 0.4) is 0 Å². The Hall–Kier alpha value is -1.97. The van der Waals surface area contributed by atoms with Crippen molar-refractivity contribution in [2.24, 2.45) is 17.0 Å². The first kappa shape index (κ1) is 19.8. The summed E-state index contributed by atoms with van der Waals surface area (Å²) in [6.45, 7) is 2.90. The Bertz CT molecular complexity index is 805. The first-order chi connectivity index (χ1) is 12.8. The highest BCUT2D eigenvalue weighted by atomic mass is 32.2. The number of sulfonamides is 1. The molecule has 3 rings (SSSR count). The maximum Gasteiger partial charge on any atom is 0.238 e. The van der Waals surface area contributed by atoms with E-state index in [9.17, 15) is 18.0 Å². The molecule has 1 aromatic carbocycles. The van der Waals surface area contributed by atoms with Gasteiger partial charge in [-0.15, -0.1) is 0 Å². The summed E-state index contributed by atoms with van der Waals surface area (Å²) in [6.07, 6.45) is 3.40. The fraction of sp³-hybridized carbons (Fsp3) is 0.556. The first-order valence-electron chi connectivity index (χ1n) is 9.26. The maximum absolute atomic E-state index is 12.4. The number of amides is 2. The Morgan fingerprint density at radius 3 is 2.89 bits per heavy atom. The highest BCUT2D eigenvalue weighted by molar-refractivity contribution is 7.89. The molecule has 4 N–H and O–H groups in total. The van der Waals surface area contributed by atoms with E-state index in [1.54, 1.807) is 6.07 Å². The van der Waals surface area contributed by atoms with Crippen molar-refractivity contribution in [1.82, 2.24) is 10.6 Å². The first-order valence-corrected chi connectivity index (χ1v) is 10.8. The Morgan fingerprint density at radius 2 is 2.19 bits per heavy atom. The Morgan fingerprint density at radius 1 is 1.37 bits per heavy atom. The van der Waals surface area contributed by atoms with E-state index in [0.717, 1.165) is 19.5 Å². The van der Waals surface area contributed by atoms with E-state index in [1.165, 1.54) is 35.9 Å². The van der Waals surface area contributed by atoms with E-state index in [0.29, 0.717) is 18.2 Å². The van der Waals surface area contributed by atoms with Gasteiger partial charge in [0.25, 0.3) is 0 Å². The molecule has 0 bridgehead atoms. The van der Waals surface area contributed by atoms with Crippen LogP contribution in [0.25, 0.3) is 0 Å². The SMILES string of the molecule is NS(=O)(=O)c1cccc(N2CC(C(=O)NCCC3CCCNC3)CC2=O)c1. The van der Waals surface area contributed by atoms with Gasteiger partial charge in [-0.05, 0) is 56.5 Å². The average molecular weight is 394 g/mol. The quantitative estimate of drug-likeness (QED) is 0.636. The van der Waals surface area contributed by atoms with E-state index in [4.69, 9.17) is 5.14 Å². The zero-order valence-electron chi connectivity index (χ0n) is 15.2. The number of hydrogen-bond acceptors (Lipinski definition) is 5. The molecule has 148 valence electrons. The summed E-state index contributed by atoms with van der Waals surface area (Å²) in [7, 11) is -3.85. The van der Waals surface area contributed by atoms with Crippen LogP contribution in [0, 0.1) is 11.8 Å². The predicted octanol–water partition coefficient (Wildman–Crippen LogP) is 0.193. The number of carbonyl (C=O) groups excluding carboxylic acids is 2. The molecule has 2 saturated heterocycles. The van der Waals surface area contributed by atoms with Gasteiger partial charge in [-0.1, -0.05) is 6.07 Å². The maximum atomic E-state index is 12.4. The lowest BCUT2D eigenvalue weighted by atomic mass is 9.96. The van der Waals surface area contributed by atoms with Crippen LogP contribution >= 0.6 is 0 Å². The molecule has 9 heteroatoms. The summed E-state index contributed by atoms with van der Waals surface area (Å²) >= 11 is 0. The van der Waals surface area contributed by atoms with Gasteiger partial charge in [0.2, 0.25) is 21.8 Å². The summed E-state index contributed by atoms with van der Waals surface area (Å²) in [5.74, 6) is -0.169. The molecule has 2 amide bonds. The van der Waals surface area contributed by atoms with Crippen LogP contribution in [0.5, 0.6) is 0 Å². The summed E-state index contributed by atoms with van der Waals surface area (Å²) in [5, 5.41) is 11.4. The number of hydrogen-bond donors (Lipinski definition) is 3. The number of primary sulfonamides is 1. The molecule has 8 nitrogen and oxygen atoms in total. The molecule has 0 spiro atoms. The number of carbonyl (C=O) groups is 2. The predicted molar refractivity (Wildman–Crippen MR) is 101 cm³/mol. The van der Waals surface area contributed by atoms with Crippen LogP contribution in [0.2, 0.25) is 0 Å². The summed E-state index contributed by atoms with van der Waals surface area (Å²) < 4.78 is 23.0. The molecule has 2 atom stereocenters. The second kappa shape index (κ2) is 8.37. The van der Waals surface area contributed by atoms with Crippen molar-refractivity contribution < 1.29 is 18.0 Å². The minimum Gasteiger partial charge on any atom is -0.356 e. The fourth-order valence-corrected chi connectivity index (χ4v) is 4.23. The summed E-state index contributed by atoms with van der Waals surface area (Å²) in [5.41, 5.74) is 0.440. The fourth-order valence-electron chi connectivity index (χ4n) is 3.68. The molecule has 2 aliphatic heterocycles. The molecule has 0 saturated carbocycles. The van der Waals surface area contributed by atoms with Gasteiger partial charge in [0.05, 0.1) is 10.8 Å². The van der Waals surface area contributed by atoms with Crippen molar-refractivity contribution >= 4 is 27.5 Å². The smallest absolute Gasteiger partial charge is 0.238 e. The average Bonchev–Trinajstić information content (AvgIpc) is 3.04. The lowest BCUT2D eigenvalue weighted by molar-refractivity contribution is -0.126. The normalized spacial score (nSPS) is 23.4. The van der Waals surface area contributed by atoms with Crippen molar-refractivity contribution in [3.8, 4) is 0 Å². The lowest BCUT2D eigenvalue weighted by Crippen LogP contribution is -2.36. The number of piperidine rings is 1. The number of nitrogens with one attached hydrogen (secondary N) is 2. The number of nitrogens with zero attached hydrogens (tertiary/aromatic N) is 1. The third kappa shape index (κ3) is 5.06. The molecular formula is C18H26N4O4S. The van der Waals surface area contributed by atoms with Crippen LogP contribution in [0.4, 0.5) is 5.69 Å². The largest absolute Gasteiger partial charge is 0.356 e. The topological polar surface area (TPSA) is 122 Å². The van der Waals surface area contributed by atoms with Crippen LogP contribution in [0.1, 0.15) is 25.7 Å². The molecule has 2 unspecified atom stereocenters. The van der Waals surface area contributed by atoms with Crippen LogP contribution in [-0.4, -0.2) is 46.4 Å². The molecule has 0 aromatic heterocycles. The zero-order valence-corrected chi connectivity index (χ0v) is 16.0. The molecule has 1 aromatic rings. The van der Waals surface area contributed by atoms with E-state index in [1.807, 2.05) is 0 Å². The van der Waals surface area contributed by atoms with Gasteiger partial charge < -0.3 is 15.5 Å². The van der Waals surface area contributed by atoms with Crippen LogP contribution < -0.4 is 20.7 Å². The van der Waals surface area contributed by atoms with Gasteiger partial charge in [0.15, 0.2) is 0 Å². The molecule has 0 radical (unpaired) electrons. The van der Waals surface area contributed by atoms with E-state index in [-0.39, 0.29) is 29.7 Å². The second-order valence-electron chi connectivity index (χ2n) is 7.24. The van der Waals surface area contributed by atoms with E-state index < -0.39 is 15.9 Å². The van der Waals surface area contributed by atoms with Gasteiger partial charge in [-0.25, -0.2) is 13.6 Å². The molecular weight excluding hydrogens is 368 g/mol. The second-order valence-corrected chi connectivity index (χ2v) is 8.80. The minimum absolute atomic E-state index is 0.0539. The van der Waals surface area contributed by atoms with Crippen molar-refractivity contribution in [3.05, 3.63) is 24.3 Å². The highest BCUT2D eigenvalue weighted by Gasteiger charge is 2.35. The van der Waals surface area contributed by atoms with Gasteiger partial charge in [0.1, 0.15) is 0 Å². The third-order valence-electron chi connectivity index (χ3n) is 5.20. The Balaban J connectivity index is 1.56. The summed E-state index contributed by atoms with van der Waals surface area (Å²) in [4.78, 5) is 26.1. The molecule has 2 fully saturated rings. The molecule has 27 heavy (non-hydrogen) atoms. The molecule has 0 aliphatic carbocycles. The van der Waals surface area contributed by atoms with Gasteiger partial charge in [-0.2, -0.15) is 0 Å². The Kier molecular flexibility index (Phi) is 6.13. The number of benzene rings is 1. The van der Waals surface area contributed by atoms with Crippen molar-refractivity contribution in [1.29, 1.82) is 0 Å². The summed E-state index contributed by atoms with van der Waals surface area (Å²) in [6, 6.07) is 5.92. The standard InChI is InChI=1S/C18H26N4O4S/c19-27(25,26)16-5-1-4-15(10-16)22-12-14(9-17(22)23)18(24)21-8-6-13-3-2-7-20-11-13/h1,4-5,10,13-14,20H,2-3,6-9,11-12H2,(H,21,24)(H2,19,25,26). The number of nitrogens with two attached hydrogens (primary N) is 1. The van der Waals surface area contributed by atoms with Gasteiger partial charge in [0, 0.05) is 25.2 Å². The monoisotopic (exact) mass is 394 g/mol. The van der Waals surface area contributed by atoms with Crippen molar-refractivity contribution in [2.45, 2.75) is 30.6 Å². The van der Waals surface area contributed by atoms with Gasteiger partial charge >= 0.3 is 0 Å². The van der Waals surface area contributed by atoms with Crippen molar-refractivity contribution in [3.63, 3.8) is 0 Å². The third-order valence-corrected chi connectivity index (χ3v) is 6.12. The van der Waals surface area contributed by atoms with Crippen LogP contribution in [0.15, 0.2) is 29.2 Å².